The third-order valence-electron chi connectivity index (χ3n) is 2.25. The quantitative estimate of drug-likeness (QED) is 0.822. The number of ether oxygens (including phenoxy) is 1. The SMILES string of the molecule is COc1cccc([C@H](O)C(=O)C(C)C)c1. The average Bonchev–Trinajstić information content (AvgIpc) is 2.27. The van der Waals surface area contributed by atoms with Gasteiger partial charge in [0.1, 0.15) is 11.9 Å². The molecule has 3 nitrogen and oxygen atoms in total. The fourth-order valence-corrected chi connectivity index (χ4v) is 1.29. The van der Waals surface area contributed by atoms with Crippen molar-refractivity contribution in [3.63, 3.8) is 0 Å². The van der Waals surface area contributed by atoms with E-state index in [1.54, 1.807) is 45.2 Å². The van der Waals surface area contributed by atoms with Gasteiger partial charge in [-0.15, -0.1) is 0 Å². The fraction of sp³-hybridized carbons (Fsp3) is 0.417. The molecule has 1 atom stereocenters. The first-order valence-electron chi connectivity index (χ1n) is 4.92. The van der Waals surface area contributed by atoms with Crippen molar-refractivity contribution in [2.45, 2.75) is 20.0 Å². The van der Waals surface area contributed by atoms with Crippen molar-refractivity contribution in [2.75, 3.05) is 7.11 Å². The van der Waals surface area contributed by atoms with Crippen LogP contribution >= 0.6 is 0 Å². The molecule has 0 fully saturated rings. The van der Waals surface area contributed by atoms with Gasteiger partial charge in [-0.25, -0.2) is 0 Å². The van der Waals surface area contributed by atoms with E-state index in [-0.39, 0.29) is 11.7 Å². The predicted octanol–water partition coefficient (Wildman–Crippen LogP) is 1.95. The van der Waals surface area contributed by atoms with E-state index in [0.29, 0.717) is 11.3 Å². The Morgan fingerprint density at radius 2 is 2.07 bits per heavy atom. The van der Waals surface area contributed by atoms with Crippen molar-refractivity contribution in [3.05, 3.63) is 29.8 Å². The highest BCUT2D eigenvalue weighted by Gasteiger charge is 2.20. The van der Waals surface area contributed by atoms with Crippen LogP contribution in [0.3, 0.4) is 0 Å². The van der Waals surface area contributed by atoms with Crippen LogP contribution in [-0.4, -0.2) is 18.0 Å². The van der Waals surface area contributed by atoms with E-state index in [0.717, 1.165) is 0 Å². The molecule has 0 aliphatic rings. The Kier molecular flexibility index (Phi) is 3.86. The molecule has 0 saturated carbocycles. The molecule has 0 aliphatic heterocycles. The number of benzene rings is 1. The van der Waals surface area contributed by atoms with Gasteiger partial charge in [0.15, 0.2) is 5.78 Å². The number of methoxy groups -OCH3 is 1. The van der Waals surface area contributed by atoms with E-state index < -0.39 is 6.10 Å². The largest absolute Gasteiger partial charge is 0.497 e. The molecule has 0 spiro atoms. The number of hydrogen-bond donors (Lipinski definition) is 1. The van der Waals surface area contributed by atoms with E-state index in [2.05, 4.69) is 0 Å². The maximum Gasteiger partial charge on any atom is 0.168 e. The van der Waals surface area contributed by atoms with E-state index in [9.17, 15) is 9.90 Å². The molecule has 15 heavy (non-hydrogen) atoms. The van der Waals surface area contributed by atoms with Crippen LogP contribution < -0.4 is 4.74 Å². The molecule has 1 rings (SSSR count). The van der Waals surface area contributed by atoms with Crippen LogP contribution in [0, 0.1) is 5.92 Å². The molecule has 0 heterocycles. The lowest BCUT2D eigenvalue weighted by atomic mass is 9.98. The summed E-state index contributed by atoms with van der Waals surface area (Å²) < 4.78 is 5.02. The summed E-state index contributed by atoms with van der Waals surface area (Å²) in [7, 11) is 1.55. The average molecular weight is 208 g/mol. The van der Waals surface area contributed by atoms with Crippen molar-refractivity contribution >= 4 is 5.78 Å². The second-order valence-corrected chi connectivity index (χ2v) is 3.74. The first-order valence-corrected chi connectivity index (χ1v) is 4.92. The van der Waals surface area contributed by atoms with E-state index in [1.807, 2.05) is 0 Å². The van der Waals surface area contributed by atoms with Crippen molar-refractivity contribution in [1.82, 2.24) is 0 Å². The molecule has 0 saturated heterocycles. The third-order valence-corrected chi connectivity index (χ3v) is 2.25. The molecule has 0 aliphatic carbocycles. The number of aliphatic hydroxyl groups excluding tert-OH is 1. The molecule has 0 radical (unpaired) electrons. The zero-order valence-electron chi connectivity index (χ0n) is 9.23. The second-order valence-electron chi connectivity index (χ2n) is 3.74. The third kappa shape index (κ3) is 2.80. The number of Topliss-reactive ketones (excluding diaryl/α,β-unsaturated/α-hetero) is 1. The van der Waals surface area contributed by atoms with Crippen LogP contribution in [0.5, 0.6) is 5.75 Å². The van der Waals surface area contributed by atoms with Crippen molar-refractivity contribution in [2.24, 2.45) is 5.92 Å². The number of aliphatic hydroxyl groups is 1. The normalized spacial score (nSPS) is 12.6. The maximum absolute atomic E-state index is 11.6. The van der Waals surface area contributed by atoms with Gasteiger partial charge in [0.2, 0.25) is 0 Å². The Morgan fingerprint density at radius 1 is 1.40 bits per heavy atom. The number of carbonyl (C=O) groups excluding carboxylic acids is 1. The highest BCUT2D eigenvalue weighted by Crippen LogP contribution is 2.21. The van der Waals surface area contributed by atoms with Crippen LogP contribution in [0.2, 0.25) is 0 Å². The Labute approximate surface area is 89.7 Å². The molecular weight excluding hydrogens is 192 g/mol. The van der Waals surface area contributed by atoms with Crippen LogP contribution in [0.25, 0.3) is 0 Å². The van der Waals surface area contributed by atoms with Gasteiger partial charge in [-0.3, -0.25) is 4.79 Å². The van der Waals surface area contributed by atoms with Gasteiger partial charge in [0, 0.05) is 5.92 Å². The molecule has 0 unspecified atom stereocenters. The first-order chi connectivity index (χ1) is 7.06. The van der Waals surface area contributed by atoms with Gasteiger partial charge in [-0.1, -0.05) is 26.0 Å². The number of ketones is 1. The number of hydrogen-bond acceptors (Lipinski definition) is 3. The van der Waals surface area contributed by atoms with Gasteiger partial charge < -0.3 is 9.84 Å². The first kappa shape index (κ1) is 11.7. The van der Waals surface area contributed by atoms with Crippen LogP contribution in [0.4, 0.5) is 0 Å². The Balaban J connectivity index is 2.90. The Bertz CT molecular complexity index is 344. The highest BCUT2D eigenvalue weighted by molar-refractivity contribution is 5.85. The molecule has 0 bridgehead atoms. The monoisotopic (exact) mass is 208 g/mol. The molecule has 1 aromatic carbocycles. The predicted molar refractivity (Wildman–Crippen MR) is 57.8 cm³/mol. The minimum atomic E-state index is -1.06. The lowest BCUT2D eigenvalue weighted by Gasteiger charge is -2.13. The Morgan fingerprint density at radius 3 is 2.60 bits per heavy atom. The van der Waals surface area contributed by atoms with Crippen molar-refractivity contribution in [1.29, 1.82) is 0 Å². The van der Waals surface area contributed by atoms with Crippen molar-refractivity contribution < 1.29 is 14.6 Å². The topological polar surface area (TPSA) is 46.5 Å². The summed E-state index contributed by atoms with van der Waals surface area (Å²) in [5.74, 6) is 0.289. The lowest BCUT2D eigenvalue weighted by Crippen LogP contribution is -2.17. The summed E-state index contributed by atoms with van der Waals surface area (Å²) in [6.45, 7) is 3.54. The summed E-state index contributed by atoms with van der Waals surface area (Å²) in [5, 5.41) is 9.77. The van der Waals surface area contributed by atoms with Gasteiger partial charge in [0.25, 0.3) is 0 Å². The summed E-state index contributed by atoms with van der Waals surface area (Å²) in [5.41, 5.74) is 0.577. The zero-order valence-corrected chi connectivity index (χ0v) is 9.23. The maximum atomic E-state index is 11.6. The van der Waals surface area contributed by atoms with E-state index in [4.69, 9.17) is 4.74 Å². The van der Waals surface area contributed by atoms with E-state index >= 15 is 0 Å². The Hall–Kier alpha value is -1.35. The molecule has 0 aromatic heterocycles. The summed E-state index contributed by atoms with van der Waals surface area (Å²) in [4.78, 5) is 11.6. The molecule has 1 aromatic rings. The highest BCUT2D eigenvalue weighted by atomic mass is 16.5. The standard InChI is InChI=1S/C12H16O3/c1-8(2)11(13)12(14)9-5-4-6-10(7-9)15-3/h4-8,12,14H,1-3H3/t12-/m0/s1. The lowest BCUT2D eigenvalue weighted by molar-refractivity contribution is -0.130. The molecule has 1 N–H and O–H groups in total. The van der Waals surface area contributed by atoms with Crippen LogP contribution in [0.1, 0.15) is 25.5 Å². The van der Waals surface area contributed by atoms with Gasteiger partial charge in [-0.2, -0.15) is 0 Å². The zero-order chi connectivity index (χ0) is 11.4. The summed E-state index contributed by atoms with van der Waals surface area (Å²) >= 11 is 0. The minimum absolute atomic E-state index is 0.175. The molecule has 82 valence electrons. The van der Waals surface area contributed by atoms with Gasteiger partial charge in [0.05, 0.1) is 7.11 Å². The number of carbonyl (C=O) groups is 1. The smallest absolute Gasteiger partial charge is 0.168 e. The molecule has 3 heteroatoms. The minimum Gasteiger partial charge on any atom is -0.497 e. The second kappa shape index (κ2) is 4.94. The van der Waals surface area contributed by atoms with Gasteiger partial charge >= 0.3 is 0 Å². The van der Waals surface area contributed by atoms with Crippen LogP contribution in [-0.2, 0) is 4.79 Å². The van der Waals surface area contributed by atoms with E-state index in [1.165, 1.54) is 0 Å². The van der Waals surface area contributed by atoms with Gasteiger partial charge in [-0.05, 0) is 17.7 Å². The number of rotatable bonds is 4. The van der Waals surface area contributed by atoms with Crippen LogP contribution in [0.15, 0.2) is 24.3 Å². The summed E-state index contributed by atoms with van der Waals surface area (Å²) in [6, 6.07) is 6.92. The fourth-order valence-electron chi connectivity index (χ4n) is 1.29. The summed E-state index contributed by atoms with van der Waals surface area (Å²) in [6.07, 6.45) is -1.06. The molecular formula is C12H16O3. The van der Waals surface area contributed by atoms with Crippen molar-refractivity contribution in [3.8, 4) is 5.75 Å². The molecule has 0 amide bonds.